The first kappa shape index (κ1) is 14.6. The Balaban J connectivity index is 1.87. The minimum absolute atomic E-state index is 0.511. The maximum Gasteiger partial charge on any atom is 0.0794 e. The maximum absolute atomic E-state index is 4.15. The van der Waals surface area contributed by atoms with E-state index in [1.54, 1.807) is 11.3 Å². The number of aryl methyl sites for hydroxylation is 1. The van der Waals surface area contributed by atoms with Gasteiger partial charge in [-0.3, -0.25) is 4.98 Å². The van der Waals surface area contributed by atoms with Crippen LogP contribution in [0.1, 0.15) is 17.4 Å². The molecule has 2 aromatic rings. The van der Waals surface area contributed by atoms with Crippen LogP contribution in [0.4, 0.5) is 0 Å². The van der Waals surface area contributed by atoms with E-state index in [0.717, 1.165) is 18.7 Å². The molecule has 0 aliphatic heterocycles. The van der Waals surface area contributed by atoms with E-state index in [4.69, 9.17) is 0 Å². The highest BCUT2D eigenvalue weighted by Gasteiger charge is 2.10. The molecule has 1 aromatic heterocycles. The Labute approximate surface area is 123 Å². The summed E-state index contributed by atoms with van der Waals surface area (Å²) >= 11 is 3.66. The summed E-state index contributed by atoms with van der Waals surface area (Å²) in [6, 6.07) is 9.27. The fourth-order valence-electron chi connectivity index (χ4n) is 1.90. The standard InChI is InChI=1S/C15H20N2S2/c1-3-17-13(8-15-9-16-11-19-15)10-18-14-6-4-12(2)5-7-14/h4-7,9,11,13,17H,3,8,10H2,1-2H3. The number of rotatable bonds is 7. The molecule has 0 spiro atoms. The van der Waals surface area contributed by atoms with Crippen molar-refractivity contribution in [3.63, 3.8) is 0 Å². The van der Waals surface area contributed by atoms with Crippen molar-refractivity contribution in [3.8, 4) is 0 Å². The molecule has 2 nitrogen and oxygen atoms in total. The lowest BCUT2D eigenvalue weighted by Crippen LogP contribution is -2.32. The molecule has 1 atom stereocenters. The second-order valence-electron chi connectivity index (χ2n) is 4.55. The zero-order valence-corrected chi connectivity index (χ0v) is 13.1. The van der Waals surface area contributed by atoms with Crippen LogP contribution in [0, 0.1) is 6.92 Å². The lowest BCUT2D eigenvalue weighted by atomic mass is 10.2. The van der Waals surface area contributed by atoms with Crippen LogP contribution in [-0.4, -0.2) is 23.3 Å². The third-order valence-electron chi connectivity index (χ3n) is 2.90. The molecule has 0 aliphatic carbocycles. The molecule has 1 heterocycles. The van der Waals surface area contributed by atoms with Gasteiger partial charge in [-0.25, -0.2) is 0 Å². The van der Waals surface area contributed by atoms with Gasteiger partial charge in [-0.2, -0.15) is 0 Å². The molecule has 0 saturated heterocycles. The van der Waals surface area contributed by atoms with E-state index in [1.807, 2.05) is 23.5 Å². The SMILES string of the molecule is CCNC(CSc1ccc(C)cc1)Cc1cncs1. The molecule has 0 saturated carbocycles. The molecule has 0 aliphatic rings. The molecule has 1 N–H and O–H groups in total. The second-order valence-corrected chi connectivity index (χ2v) is 6.61. The molecule has 1 aromatic carbocycles. The minimum Gasteiger partial charge on any atom is -0.313 e. The fourth-order valence-corrected chi connectivity index (χ4v) is 3.53. The van der Waals surface area contributed by atoms with Crippen molar-refractivity contribution in [1.82, 2.24) is 10.3 Å². The summed E-state index contributed by atoms with van der Waals surface area (Å²) in [6.07, 6.45) is 3.04. The number of thioether (sulfide) groups is 1. The van der Waals surface area contributed by atoms with Crippen molar-refractivity contribution in [2.24, 2.45) is 0 Å². The first-order chi connectivity index (χ1) is 9.28. The molecule has 0 fully saturated rings. The Morgan fingerprint density at radius 3 is 2.74 bits per heavy atom. The van der Waals surface area contributed by atoms with Gasteiger partial charge >= 0.3 is 0 Å². The summed E-state index contributed by atoms with van der Waals surface area (Å²) in [5, 5.41) is 3.56. The van der Waals surface area contributed by atoms with Gasteiger partial charge in [-0.1, -0.05) is 24.6 Å². The predicted molar refractivity (Wildman–Crippen MR) is 85.2 cm³/mol. The highest BCUT2D eigenvalue weighted by molar-refractivity contribution is 7.99. The zero-order valence-electron chi connectivity index (χ0n) is 11.4. The van der Waals surface area contributed by atoms with Crippen LogP contribution in [0.25, 0.3) is 0 Å². The van der Waals surface area contributed by atoms with Crippen LogP contribution in [0.5, 0.6) is 0 Å². The van der Waals surface area contributed by atoms with E-state index in [9.17, 15) is 0 Å². The molecule has 19 heavy (non-hydrogen) atoms. The van der Waals surface area contributed by atoms with E-state index >= 15 is 0 Å². The van der Waals surface area contributed by atoms with E-state index in [-0.39, 0.29) is 0 Å². The highest BCUT2D eigenvalue weighted by atomic mass is 32.2. The summed E-state index contributed by atoms with van der Waals surface area (Å²) in [6.45, 7) is 5.30. The highest BCUT2D eigenvalue weighted by Crippen LogP contribution is 2.21. The topological polar surface area (TPSA) is 24.9 Å². The Bertz CT molecular complexity index is 465. The molecule has 1 unspecified atom stereocenters. The number of nitrogens with zero attached hydrogens (tertiary/aromatic N) is 1. The third kappa shape index (κ3) is 4.97. The van der Waals surface area contributed by atoms with Crippen LogP contribution in [0.2, 0.25) is 0 Å². The van der Waals surface area contributed by atoms with E-state index in [1.165, 1.54) is 15.3 Å². The molecule has 4 heteroatoms. The van der Waals surface area contributed by atoms with Gasteiger partial charge in [0.2, 0.25) is 0 Å². The maximum atomic E-state index is 4.15. The Morgan fingerprint density at radius 1 is 1.32 bits per heavy atom. The van der Waals surface area contributed by atoms with Crippen LogP contribution in [0.15, 0.2) is 40.9 Å². The fraction of sp³-hybridized carbons (Fsp3) is 0.400. The van der Waals surface area contributed by atoms with Crippen molar-refractivity contribution in [2.75, 3.05) is 12.3 Å². The zero-order chi connectivity index (χ0) is 13.5. The van der Waals surface area contributed by atoms with Crippen molar-refractivity contribution in [2.45, 2.75) is 31.2 Å². The number of likely N-dealkylation sites (N-methyl/N-ethyl adjacent to an activating group) is 1. The summed E-state index contributed by atoms with van der Waals surface area (Å²) < 4.78 is 0. The molecule has 102 valence electrons. The van der Waals surface area contributed by atoms with Gasteiger partial charge in [-0.05, 0) is 32.0 Å². The third-order valence-corrected chi connectivity index (χ3v) is 4.87. The molecule has 0 amide bonds. The van der Waals surface area contributed by atoms with E-state index < -0.39 is 0 Å². The summed E-state index contributed by atoms with van der Waals surface area (Å²) in [4.78, 5) is 6.85. The van der Waals surface area contributed by atoms with Crippen LogP contribution >= 0.6 is 23.1 Å². The van der Waals surface area contributed by atoms with Gasteiger partial charge < -0.3 is 5.32 Å². The van der Waals surface area contributed by atoms with Crippen LogP contribution in [-0.2, 0) is 6.42 Å². The lowest BCUT2D eigenvalue weighted by Gasteiger charge is -2.16. The Hall–Kier alpha value is -0.840. The normalized spacial score (nSPS) is 12.5. The van der Waals surface area contributed by atoms with Gasteiger partial charge in [0.05, 0.1) is 5.51 Å². The number of aromatic nitrogens is 1. The summed E-state index contributed by atoms with van der Waals surface area (Å²) in [5.41, 5.74) is 3.23. The van der Waals surface area contributed by atoms with Crippen molar-refractivity contribution < 1.29 is 0 Å². The van der Waals surface area contributed by atoms with E-state index in [2.05, 4.69) is 48.4 Å². The average molecular weight is 292 g/mol. The first-order valence-corrected chi connectivity index (χ1v) is 8.44. The minimum atomic E-state index is 0.511. The summed E-state index contributed by atoms with van der Waals surface area (Å²) in [5.74, 6) is 1.09. The smallest absolute Gasteiger partial charge is 0.0794 e. The quantitative estimate of drug-likeness (QED) is 0.786. The summed E-state index contributed by atoms with van der Waals surface area (Å²) in [7, 11) is 0. The monoisotopic (exact) mass is 292 g/mol. The number of nitrogens with one attached hydrogen (secondary N) is 1. The van der Waals surface area contributed by atoms with Crippen molar-refractivity contribution >= 4 is 23.1 Å². The largest absolute Gasteiger partial charge is 0.313 e. The van der Waals surface area contributed by atoms with Gasteiger partial charge in [0, 0.05) is 27.8 Å². The number of benzene rings is 1. The predicted octanol–water partition coefficient (Wildman–Crippen LogP) is 3.76. The van der Waals surface area contributed by atoms with Crippen molar-refractivity contribution in [1.29, 1.82) is 0 Å². The van der Waals surface area contributed by atoms with E-state index in [0.29, 0.717) is 6.04 Å². The molecule has 2 rings (SSSR count). The van der Waals surface area contributed by atoms with Gasteiger partial charge in [0.1, 0.15) is 0 Å². The number of thiazole rings is 1. The molecular formula is C15H20N2S2. The first-order valence-electron chi connectivity index (χ1n) is 6.58. The number of hydrogen-bond acceptors (Lipinski definition) is 4. The van der Waals surface area contributed by atoms with Gasteiger partial charge in [0.25, 0.3) is 0 Å². The van der Waals surface area contributed by atoms with Gasteiger partial charge in [-0.15, -0.1) is 23.1 Å². The Kier molecular flexibility index (Phi) is 5.89. The molecule has 0 radical (unpaired) electrons. The van der Waals surface area contributed by atoms with Crippen LogP contribution in [0.3, 0.4) is 0 Å². The van der Waals surface area contributed by atoms with Gasteiger partial charge in [0.15, 0.2) is 0 Å². The average Bonchev–Trinajstić information content (AvgIpc) is 2.91. The van der Waals surface area contributed by atoms with Crippen LogP contribution < -0.4 is 5.32 Å². The van der Waals surface area contributed by atoms with Crippen molar-refractivity contribution in [3.05, 3.63) is 46.4 Å². The molecule has 0 bridgehead atoms. The lowest BCUT2D eigenvalue weighted by molar-refractivity contribution is 0.576. The second kappa shape index (κ2) is 7.68. The Morgan fingerprint density at radius 2 is 2.11 bits per heavy atom. The number of hydrogen-bond donors (Lipinski definition) is 1. The molecular weight excluding hydrogens is 272 g/mol.